The van der Waals surface area contributed by atoms with Crippen LogP contribution in [-0.2, 0) is 9.84 Å². The van der Waals surface area contributed by atoms with E-state index in [1.807, 2.05) is 6.92 Å². The highest BCUT2D eigenvalue weighted by Crippen LogP contribution is 2.33. The smallest absolute Gasteiger partial charge is 0.157 e. The molecule has 1 unspecified atom stereocenters. The molecule has 3 nitrogen and oxygen atoms in total. The van der Waals surface area contributed by atoms with Crippen LogP contribution >= 0.6 is 0 Å². The fraction of sp³-hybridized carbons (Fsp3) is 1.00. The molecule has 11 heavy (non-hydrogen) atoms. The molecular weight excluding hydrogens is 162 g/mol. The van der Waals surface area contributed by atoms with Gasteiger partial charge in [-0.25, -0.2) is 8.42 Å². The lowest BCUT2D eigenvalue weighted by Crippen LogP contribution is -2.41. The predicted molar refractivity (Wildman–Crippen MR) is 45.1 cm³/mol. The minimum absolute atomic E-state index is 0.284. The molecule has 4 heteroatoms. The number of hydrogen-bond donors (Lipinski definition) is 1. The van der Waals surface area contributed by atoms with Crippen LogP contribution in [0.25, 0.3) is 0 Å². The van der Waals surface area contributed by atoms with Gasteiger partial charge >= 0.3 is 0 Å². The zero-order valence-electron chi connectivity index (χ0n) is 6.84. The molecule has 1 saturated heterocycles. The lowest BCUT2D eigenvalue weighted by atomic mass is 10.0. The lowest BCUT2D eigenvalue weighted by Gasteiger charge is -2.23. The van der Waals surface area contributed by atoms with Crippen LogP contribution in [0, 0.1) is 0 Å². The summed E-state index contributed by atoms with van der Waals surface area (Å²) < 4.78 is 22.4. The monoisotopic (exact) mass is 177 g/mol. The molecular formula is C7H15NO2S. The fourth-order valence-corrected chi connectivity index (χ4v) is 3.83. The van der Waals surface area contributed by atoms with E-state index in [-0.39, 0.29) is 6.54 Å². The van der Waals surface area contributed by atoms with Crippen LogP contribution in [0.3, 0.4) is 0 Å². The second-order valence-corrected chi connectivity index (χ2v) is 5.67. The van der Waals surface area contributed by atoms with Crippen molar-refractivity contribution in [3.05, 3.63) is 0 Å². The minimum Gasteiger partial charge on any atom is -0.329 e. The SMILES string of the molecule is CCC1(CN)CCCS1(=O)=O. The summed E-state index contributed by atoms with van der Waals surface area (Å²) in [5.74, 6) is 0.331. The Morgan fingerprint density at radius 3 is 2.36 bits per heavy atom. The van der Waals surface area contributed by atoms with E-state index in [4.69, 9.17) is 5.73 Å². The maximum absolute atomic E-state index is 11.5. The zero-order valence-corrected chi connectivity index (χ0v) is 7.65. The summed E-state index contributed by atoms with van der Waals surface area (Å²) >= 11 is 0. The maximum atomic E-state index is 11.5. The highest BCUT2D eigenvalue weighted by Gasteiger charge is 2.44. The van der Waals surface area contributed by atoms with Crippen LogP contribution < -0.4 is 5.73 Å². The molecule has 0 bridgehead atoms. The summed E-state index contributed by atoms with van der Waals surface area (Å²) in [6.45, 7) is 2.18. The summed E-state index contributed by atoms with van der Waals surface area (Å²) in [4.78, 5) is 0. The van der Waals surface area contributed by atoms with Crippen LogP contribution in [0.15, 0.2) is 0 Å². The average molecular weight is 177 g/mol. The molecule has 1 heterocycles. The third-order valence-corrected chi connectivity index (χ3v) is 5.53. The summed E-state index contributed by atoms with van der Waals surface area (Å²) in [6, 6.07) is 0. The highest BCUT2D eigenvalue weighted by atomic mass is 32.2. The Hall–Kier alpha value is -0.0900. The Labute approximate surface area is 67.9 Å². The van der Waals surface area contributed by atoms with Gasteiger partial charge < -0.3 is 5.73 Å². The van der Waals surface area contributed by atoms with Gasteiger partial charge in [-0.2, -0.15) is 0 Å². The summed E-state index contributed by atoms with van der Waals surface area (Å²) in [5.41, 5.74) is 5.48. The molecule has 0 aliphatic carbocycles. The van der Waals surface area contributed by atoms with Gasteiger partial charge in [0.1, 0.15) is 0 Å². The van der Waals surface area contributed by atoms with E-state index in [1.165, 1.54) is 0 Å². The molecule has 0 amide bonds. The first-order valence-electron chi connectivity index (χ1n) is 4.00. The predicted octanol–water partition coefficient (Wildman–Crippen LogP) is 0.303. The standard InChI is InChI=1S/C7H15NO2S/c1-2-7(6-8)4-3-5-11(7,9)10/h2-6,8H2,1H3. The third kappa shape index (κ3) is 1.18. The van der Waals surface area contributed by atoms with Crippen molar-refractivity contribution < 1.29 is 8.42 Å². The molecule has 2 N–H and O–H groups in total. The van der Waals surface area contributed by atoms with Gasteiger partial charge in [0.25, 0.3) is 0 Å². The Morgan fingerprint density at radius 2 is 2.18 bits per heavy atom. The maximum Gasteiger partial charge on any atom is 0.157 e. The van der Waals surface area contributed by atoms with Gasteiger partial charge in [0.05, 0.1) is 10.5 Å². The first kappa shape index (κ1) is 9.00. The molecule has 0 aromatic heterocycles. The van der Waals surface area contributed by atoms with Gasteiger partial charge in [-0.1, -0.05) is 6.92 Å². The highest BCUT2D eigenvalue weighted by molar-refractivity contribution is 7.93. The van der Waals surface area contributed by atoms with Crippen LogP contribution in [-0.4, -0.2) is 25.5 Å². The van der Waals surface area contributed by atoms with Crippen LogP contribution in [0.5, 0.6) is 0 Å². The van der Waals surface area contributed by atoms with E-state index in [0.29, 0.717) is 12.2 Å². The van der Waals surface area contributed by atoms with E-state index < -0.39 is 14.6 Å². The Balaban J connectivity index is 3.00. The van der Waals surface area contributed by atoms with Crippen molar-refractivity contribution in [1.29, 1.82) is 0 Å². The van der Waals surface area contributed by atoms with E-state index in [9.17, 15) is 8.42 Å². The second-order valence-electron chi connectivity index (χ2n) is 3.16. The first-order valence-corrected chi connectivity index (χ1v) is 5.65. The fourth-order valence-electron chi connectivity index (χ4n) is 1.73. The van der Waals surface area contributed by atoms with Crippen LogP contribution in [0.1, 0.15) is 26.2 Å². The summed E-state index contributed by atoms with van der Waals surface area (Å²) in [7, 11) is -2.87. The second kappa shape index (κ2) is 2.75. The molecule has 0 aromatic rings. The number of nitrogens with two attached hydrogens (primary N) is 1. The van der Waals surface area contributed by atoms with Crippen molar-refractivity contribution >= 4 is 9.84 Å². The molecule has 66 valence electrons. The van der Waals surface area contributed by atoms with Gasteiger partial charge in [-0.3, -0.25) is 0 Å². The van der Waals surface area contributed by atoms with Crippen molar-refractivity contribution in [3.8, 4) is 0 Å². The number of sulfone groups is 1. The van der Waals surface area contributed by atoms with Crippen molar-refractivity contribution in [3.63, 3.8) is 0 Å². The Morgan fingerprint density at radius 1 is 1.55 bits per heavy atom. The molecule has 1 fully saturated rings. The first-order chi connectivity index (χ1) is 5.08. The molecule has 0 radical (unpaired) electrons. The van der Waals surface area contributed by atoms with Gasteiger partial charge in [0.15, 0.2) is 9.84 Å². The van der Waals surface area contributed by atoms with Crippen molar-refractivity contribution in [2.75, 3.05) is 12.3 Å². The summed E-state index contributed by atoms with van der Waals surface area (Å²) in [5, 5.41) is 0. The molecule has 0 saturated carbocycles. The van der Waals surface area contributed by atoms with Crippen molar-refractivity contribution in [1.82, 2.24) is 0 Å². The topological polar surface area (TPSA) is 60.2 Å². The van der Waals surface area contributed by atoms with Crippen LogP contribution in [0.4, 0.5) is 0 Å². The van der Waals surface area contributed by atoms with E-state index in [1.54, 1.807) is 0 Å². The van der Waals surface area contributed by atoms with E-state index >= 15 is 0 Å². The Bertz CT molecular complexity index is 229. The largest absolute Gasteiger partial charge is 0.329 e. The quantitative estimate of drug-likeness (QED) is 0.660. The number of rotatable bonds is 2. The molecule has 0 spiro atoms. The Kier molecular flexibility index (Phi) is 2.25. The normalized spacial score (nSPS) is 35.8. The van der Waals surface area contributed by atoms with Gasteiger partial charge in [0, 0.05) is 6.54 Å². The summed E-state index contributed by atoms with van der Waals surface area (Å²) in [6.07, 6.45) is 2.20. The molecule has 1 aliphatic heterocycles. The molecule has 0 aromatic carbocycles. The minimum atomic E-state index is -2.87. The van der Waals surface area contributed by atoms with Crippen molar-refractivity contribution in [2.45, 2.75) is 30.9 Å². The average Bonchev–Trinajstić information content (AvgIpc) is 2.26. The van der Waals surface area contributed by atoms with Gasteiger partial charge in [-0.15, -0.1) is 0 Å². The van der Waals surface area contributed by atoms with Crippen LogP contribution in [0.2, 0.25) is 0 Å². The van der Waals surface area contributed by atoms with Gasteiger partial charge in [0.2, 0.25) is 0 Å². The van der Waals surface area contributed by atoms with E-state index in [0.717, 1.165) is 12.8 Å². The van der Waals surface area contributed by atoms with Crippen molar-refractivity contribution in [2.24, 2.45) is 5.73 Å². The lowest BCUT2D eigenvalue weighted by molar-refractivity contribution is 0.501. The molecule has 1 aliphatic rings. The molecule has 1 rings (SSSR count). The zero-order chi connectivity index (χ0) is 8.54. The number of hydrogen-bond acceptors (Lipinski definition) is 3. The third-order valence-electron chi connectivity index (χ3n) is 2.72. The van der Waals surface area contributed by atoms with E-state index in [2.05, 4.69) is 0 Å². The van der Waals surface area contributed by atoms with Gasteiger partial charge in [-0.05, 0) is 19.3 Å². The molecule has 1 atom stereocenters.